The average Bonchev–Trinajstić information content (AvgIpc) is 2.21. The summed E-state index contributed by atoms with van der Waals surface area (Å²) in [5.41, 5.74) is 3.66. The summed E-state index contributed by atoms with van der Waals surface area (Å²) in [5.74, 6) is 0.960. The maximum Gasteiger partial charge on any atom is 0.147 e. The molecular weight excluding hydrogens is 216 g/mol. The van der Waals surface area contributed by atoms with Crippen LogP contribution in [0.4, 0.5) is 0 Å². The number of hydrogen-bond acceptors (Lipinski definition) is 2. The Morgan fingerprint density at radius 3 is 2.31 bits per heavy atom. The third-order valence-electron chi connectivity index (χ3n) is 2.60. The Hall–Kier alpha value is -0.760. The Kier molecular flexibility index (Phi) is 5.07. The van der Waals surface area contributed by atoms with Crippen molar-refractivity contribution in [2.45, 2.75) is 39.4 Å². The van der Waals surface area contributed by atoms with Crippen LogP contribution in [0.2, 0.25) is 0 Å². The molecule has 0 bridgehead atoms. The summed E-state index contributed by atoms with van der Waals surface area (Å²) in [5, 5.41) is 0.530. The Bertz CT molecular complexity index is 349. The lowest BCUT2D eigenvalue weighted by Gasteiger charge is -2.09. The Balaban J connectivity index is 2.63. The molecule has 0 heterocycles. The highest BCUT2D eigenvalue weighted by Crippen LogP contribution is 2.16. The lowest BCUT2D eigenvalue weighted by molar-refractivity contribution is -0.116. The minimum Gasteiger partial charge on any atom is -0.298 e. The highest BCUT2D eigenvalue weighted by molar-refractivity contribution is 8.00. The number of aryl methyl sites for hydroxylation is 2. The Labute approximate surface area is 103 Å². The van der Waals surface area contributed by atoms with Gasteiger partial charge in [-0.15, -0.1) is 0 Å². The number of carbonyl (C=O) groups excluding carboxylic acids is 1. The molecule has 1 aromatic carbocycles. The van der Waals surface area contributed by atoms with Gasteiger partial charge in [0.05, 0.1) is 5.75 Å². The van der Waals surface area contributed by atoms with Gasteiger partial charge in [-0.05, 0) is 35.8 Å². The monoisotopic (exact) mass is 236 g/mol. The van der Waals surface area contributed by atoms with Gasteiger partial charge in [0.2, 0.25) is 0 Å². The number of Topliss-reactive ketones (excluding diaryl/α,β-unsaturated/α-hetero) is 1. The van der Waals surface area contributed by atoms with E-state index in [2.05, 4.69) is 39.8 Å². The molecule has 0 aliphatic rings. The molecule has 0 aromatic heterocycles. The summed E-state index contributed by atoms with van der Waals surface area (Å²) >= 11 is 1.72. The van der Waals surface area contributed by atoms with Crippen LogP contribution in [0.25, 0.3) is 0 Å². The smallest absolute Gasteiger partial charge is 0.147 e. The molecule has 0 amide bonds. The van der Waals surface area contributed by atoms with Crippen LogP contribution in [0.5, 0.6) is 0 Å². The minimum atomic E-state index is 0.330. The first-order valence-electron chi connectivity index (χ1n) is 5.69. The van der Waals surface area contributed by atoms with Crippen LogP contribution in [0.3, 0.4) is 0 Å². The van der Waals surface area contributed by atoms with Crippen molar-refractivity contribution in [3.63, 3.8) is 0 Å². The van der Waals surface area contributed by atoms with Crippen molar-refractivity contribution < 1.29 is 4.79 Å². The van der Waals surface area contributed by atoms with Crippen LogP contribution in [0.1, 0.15) is 30.5 Å². The zero-order valence-electron chi connectivity index (χ0n) is 10.5. The molecule has 0 radical (unpaired) electrons. The number of ketones is 1. The van der Waals surface area contributed by atoms with Crippen molar-refractivity contribution in [3.8, 4) is 0 Å². The molecule has 1 nitrogen and oxygen atoms in total. The molecule has 0 aliphatic heterocycles. The van der Waals surface area contributed by atoms with E-state index in [-0.39, 0.29) is 0 Å². The van der Waals surface area contributed by atoms with E-state index in [1.54, 1.807) is 11.8 Å². The molecule has 0 spiro atoms. The predicted molar refractivity (Wildman–Crippen MR) is 72.2 cm³/mol. The topological polar surface area (TPSA) is 17.1 Å². The van der Waals surface area contributed by atoms with E-state index in [1.165, 1.54) is 16.7 Å². The number of benzene rings is 1. The van der Waals surface area contributed by atoms with Gasteiger partial charge in [-0.3, -0.25) is 4.79 Å². The maximum absolute atomic E-state index is 11.8. The molecule has 0 unspecified atom stereocenters. The maximum atomic E-state index is 11.8. The summed E-state index contributed by atoms with van der Waals surface area (Å²) in [4.78, 5) is 11.8. The molecule has 0 fully saturated rings. The SMILES string of the molecule is Cc1cccc(C)c1CC(=O)CSC(C)C. The molecule has 1 rings (SSSR count). The van der Waals surface area contributed by atoms with Crippen LogP contribution in [0, 0.1) is 13.8 Å². The van der Waals surface area contributed by atoms with Crippen molar-refractivity contribution in [2.75, 3.05) is 5.75 Å². The van der Waals surface area contributed by atoms with Gasteiger partial charge >= 0.3 is 0 Å². The van der Waals surface area contributed by atoms with Crippen molar-refractivity contribution in [3.05, 3.63) is 34.9 Å². The molecule has 0 saturated heterocycles. The van der Waals surface area contributed by atoms with Crippen LogP contribution in [0.15, 0.2) is 18.2 Å². The van der Waals surface area contributed by atoms with Gasteiger partial charge in [-0.1, -0.05) is 32.0 Å². The quantitative estimate of drug-likeness (QED) is 0.777. The third kappa shape index (κ3) is 4.01. The van der Waals surface area contributed by atoms with Gasteiger partial charge in [0.25, 0.3) is 0 Å². The summed E-state index contributed by atoms with van der Waals surface area (Å²) < 4.78 is 0. The molecule has 88 valence electrons. The zero-order valence-corrected chi connectivity index (χ0v) is 11.4. The zero-order chi connectivity index (χ0) is 12.1. The first-order valence-corrected chi connectivity index (χ1v) is 6.74. The van der Waals surface area contributed by atoms with Gasteiger partial charge in [-0.25, -0.2) is 0 Å². The van der Waals surface area contributed by atoms with Crippen LogP contribution < -0.4 is 0 Å². The molecule has 0 atom stereocenters. The Morgan fingerprint density at radius 1 is 1.25 bits per heavy atom. The van der Waals surface area contributed by atoms with E-state index in [1.807, 2.05) is 6.07 Å². The van der Waals surface area contributed by atoms with Crippen LogP contribution >= 0.6 is 11.8 Å². The summed E-state index contributed by atoms with van der Waals surface area (Å²) in [7, 11) is 0. The highest BCUT2D eigenvalue weighted by Gasteiger charge is 2.09. The molecule has 1 aromatic rings. The van der Waals surface area contributed by atoms with Crippen molar-refractivity contribution in [2.24, 2.45) is 0 Å². The minimum absolute atomic E-state index is 0.330. The van der Waals surface area contributed by atoms with E-state index in [9.17, 15) is 4.79 Å². The fourth-order valence-electron chi connectivity index (χ4n) is 1.64. The molecular formula is C14H20OS. The lowest BCUT2D eigenvalue weighted by Crippen LogP contribution is -2.09. The van der Waals surface area contributed by atoms with Gasteiger partial charge in [0.15, 0.2) is 0 Å². The second-order valence-corrected chi connectivity index (χ2v) is 6.01. The number of thioether (sulfide) groups is 1. The fourth-order valence-corrected chi connectivity index (χ4v) is 2.26. The van der Waals surface area contributed by atoms with E-state index in [4.69, 9.17) is 0 Å². The molecule has 0 saturated carbocycles. The summed E-state index contributed by atoms with van der Waals surface area (Å²) in [6.45, 7) is 8.39. The van der Waals surface area contributed by atoms with Gasteiger partial charge in [0, 0.05) is 6.42 Å². The number of hydrogen-bond donors (Lipinski definition) is 0. The predicted octanol–water partition coefficient (Wildman–Crippen LogP) is 3.56. The van der Waals surface area contributed by atoms with E-state index < -0.39 is 0 Å². The second kappa shape index (κ2) is 6.09. The Morgan fingerprint density at radius 2 is 1.81 bits per heavy atom. The summed E-state index contributed by atoms with van der Waals surface area (Å²) in [6, 6.07) is 6.19. The second-order valence-electron chi connectivity index (χ2n) is 4.45. The van der Waals surface area contributed by atoms with E-state index in [0.29, 0.717) is 23.2 Å². The first-order chi connectivity index (χ1) is 7.50. The van der Waals surface area contributed by atoms with E-state index in [0.717, 1.165) is 0 Å². The normalized spacial score (nSPS) is 10.8. The van der Waals surface area contributed by atoms with Crippen molar-refractivity contribution in [1.29, 1.82) is 0 Å². The highest BCUT2D eigenvalue weighted by atomic mass is 32.2. The molecule has 0 N–H and O–H groups in total. The standard InChI is InChI=1S/C14H20OS/c1-10(2)16-9-13(15)8-14-11(3)6-5-7-12(14)4/h5-7,10H,8-9H2,1-4H3. The lowest BCUT2D eigenvalue weighted by atomic mass is 9.99. The van der Waals surface area contributed by atoms with Crippen LogP contribution in [-0.4, -0.2) is 16.8 Å². The molecule has 0 aliphatic carbocycles. The average molecular weight is 236 g/mol. The number of carbonyl (C=O) groups is 1. The molecule has 2 heteroatoms. The van der Waals surface area contributed by atoms with Crippen molar-refractivity contribution in [1.82, 2.24) is 0 Å². The molecule has 16 heavy (non-hydrogen) atoms. The number of rotatable bonds is 5. The van der Waals surface area contributed by atoms with Gasteiger partial charge < -0.3 is 0 Å². The largest absolute Gasteiger partial charge is 0.298 e. The fraction of sp³-hybridized carbons (Fsp3) is 0.500. The van der Waals surface area contributed by atoms with Gasteiger partial charge in [0.1, 0.15) is 5.78 Å². The third-order valence-corrected chi connectivity index (χ3v) is 3.75. The van der Waals surface area contributed by atoms with Gasteiger partial charge in [-0.2, -0.15) is 11.8 Å². The van der Waals surface area contributed by atoms with Crippen molar-refractivity contribution >= 4 is 17.5 Å². The van der Waals surface area contributed by atoms with Crippen LogP contribution in [-0.2, 0) is 11.2 Å². The first kappa shape index (κ1) is 13.3. The van der Waals surface area contributed by atoms with E-state index >= 15 is 0 Å². The summed E-state index contributed by atoms with van der Waals surface area (Å²) in [6.07, 6.45) is 0.582.